The Bertz CT molecular complexity index is 619. The van der Waals surface area contributed by atoms with Gasteiger partial charge in [-0.15, -0.1) is 0 Å². The molecule has 1 aliphatic heterocycles. The van der Waals surface area contributed by atoms with Crippen LogP contribution < -0.4 is 10.2 Å². The van der Waals surface area contributed by atoms with Gasteiger partial charge >= 0.3 is 6.09 Å². The Morgan fingerprint density at radius 1 is 1.21 bits per heavy atom. The van der Waals surface area contributed by atoms with Crippen LogP contribution in [-0.4, -0.2) is 65.7 Å². The first-order valence-electron chi connectivity index (χ1n) is 8.00. The highest BCUT2D eigenvalue weighted by molar-refractivity contribution is 5.90. The van der Waals surface area contributed by atoms with Gasteiger partial charge in [-0.05, 0) is 27.7 Å². The van der Waals surface area contributed by atoms with Crippen LogP contribution in [0.15, 0.2) is 6.20 Å². The number of nitrogens with zero attached hydrogens (tertiary/aromatic N) is 4. The van der Waals surface area contributed by atoms with Gasteiger partial charge in [-0.2, -0.15) is 0 Å². The van der Waals surface area contributed by atoms with Crippen molar-refractivity contribution in [2.45, 2.75) is 33.3 Å². The molecule has 0 spiro atoms. The van der Waals surface area contributed by atoms with Crippen LogP contribution in [0.5, 0.6) is 0 Å². The second kappa shape index (κ2) is 7.02. The molecule has 2 rings (SSSR count). The number of rotatable bonds is 2. The Labute approximate surface area is 142 Å². The highest BCUT2D eigenvalue weighted by Crippen LogP contribution is 2.20. The lowest BCUT2D eigenvalue weighted by Crippen LogP contribution is -2.50. The molecule has 1 fully saturated rings. The molecule has 24 heavy (non-hydrogen) atoms. The summed E-state index contributed by atoms with van der Waals surface area (Å²) in [7, 11) is 1.55. The minimum atomic E-state index is -0.492. The van der Waals surface area contributed by atoms with E-state index in [4.69, 9.17) is 4.74 Å². The van der Waals surface area contributed by atoms with Crippen LogP contribution in [0.1, 0.15) is 37.1 Å². The maximum atomic E-state index is 12.1. The Balaban J connectivity index is 2.00. The van der Waals surface area contributed by atoms with Crippen molar-refractivity contribution in [2.24, 2.45) is 0 Å². The first-order chi connectivity index (χ1) is 11.2. The summed E-state index contributed by atoms with van der Waals surface area (Å²) in [6, 6.07) is 0. The van der Waals surface area contributed by atoms with Crippen molar-refractivity contribution >= 4 is 17.7 Å². The molecule has 2 amide bonds. The number of hydrogen-bond acceptors (Lipinski definition) is 6. The number of hydrogen-bond donors (Lipinski definition) is 1. The first kappa shape index (κ1) is 18.0. The van der Waals surface area contributed by atoms with Gasteiger partial charge in [0.15, 0.2) is 0 Å². The SMILES string of the molecule is CNC(=O)c1ncc(N2CCN(C(=O)OC(C)(C)C)CC2)c(C)n1. The number of aryl methyl sites for hydroxylation is 1. The van der Waals surface area contributed by atoms with Crippen molar-refractivity contribution in [2.75, 3.05) is 38.1 Å². The zero-order chi connectivity index (χ0) is 17.9. The van der Waals surface area contributed by atoms with Gasteiger partial charge in [0.25, 0.3) is 5.91 Å². The minimum Gasteiger partial charge on any atom is -0.444 e. The van der Waals surface area contributed by atoms with E-state index in [0.717, 1.165) is 11.4 Å². The molecular formula is C16H25N5O3. The lowest BCUT2D eigenvalue weighted by molar-refractivity contribution is 0.0240. The van der Waals surface area contributed by atoms with E-state index in [-0.39, 0.29) is 17.8 Å². The fourth-order valence-corrected chi connectivity index (χ4v) is 2.45. The van der Waals surface area contributed by atoms with Crippen LogP contribution in [0.3, 0.4) is 0 Å². The number of piperazine rings is 1. The zero-order valence-electron chi connectivity index (χ0n) is 14.9. The molecule has 132 valence electrons. The van der Waals surface area contributed by atoms with Crippen LogP contribution >= 0.6 is 0 Å². The van der Waals surface area contributed by atoms with Gasteiger partial charge in [-0.25, -0.2) is 14.8 Å². The predicted molar refractivity (Wildman–Crippen MR) is 90.2 cm³/mol. The third kappa shape index (κ3) is 4.33. The smallest absolute Gasteiger partial charge is 0.410 e. The molecule has 0 radical (unpaired) electrons. The van der Waals surface area contributed by atoms with Crippen LogP contribution in [0, 0.1) is 6.92 Å². The predicted octanol–water partition coefficient (Wildman–Crippen LogP) is 1.20. The van der Waals surface area contributed by atoms with Gasteiger partial charge in [0.05, 0.1) is 17.6 Å². The monoisotopic (exact) mass is 335 g/mol. The maximum Gasteiger partial charge on any atom is 0.410 e. The second-order valence-corrected chi connectivity index (χ2v) is 6.70. The normalized spacial score (nSPS) is 15.2. The number of ether oxygens (including phenoxy) is 1. The highest BCUT2D eigenvalue weighted by atomic mass is 16.6. The number of carbonyl (C=O) groups is 2. The molecule has 1 aliphatic rings. The average Bonchev–Trinajstić information content (AvgIpc) is 2.52. The molecule has 0 aliphatic carbocycles. The number of nitrogens with one attached hydrogen (secondary N) is 1. The summed E-state index contributed by atoms with van der Waals surface area (Å²) in [5.41, 5.74) is 1.13. The molecule has 0 atom stereocenters. The van der Waals surface area contributed by atoms with E-state index in [1.54, 1.807) is 18.1 Å². The van der Waals surface area contributed by atoms with E-state index in [1.165, 1.54) is 0 Å². The van der Waals surface area contributed by atoms with E-state index in [2.05, 4.69) is 20.2 Å². The van der Waals surface area contributed by atoms with E-state index in [1.807, 2.05) is 27.7 Å². The standard InChI is InChI=1S/C16H25N5O3/c1-11-12(10-18-13(19-11)14(22)17-5)20-6-8-21(9-7-20)15(23)24-16(2,3)4/h10H,6-9H2,1-5H3,(H,17,22). The van der Waals surface area contributed by atoms with Crippen molar-refractivity contribution in [1.29, 1.82) is 0 Å². The van der Waals surface area contributed by atoms with Crippen molar-refractivity contribution in [3.05, 3.63) is 17.7 Å². The number of carbonyl (C=O) groups excluding carboxylic acids is 2. The summed E-state index contributed by atoms with van der Waals surface area (Å²) in [6.07, 6.45) is 1.38. The molecule has 1 aromatic rings. The van der Waals surface area contributed by atoms with Crippen molar-refractivity contribution in [3.8, 4) is 0 Å². The Morgan fingerprint density at radius 3 is 2.33 bits per heavy atom. The summed E-state index contributed by atoms with van der Waals surface area (Å²) >= 11 is 0. The lowest BCUT2D eigenvalue weighted by atomic mass is 10.2. The molecule has 0 saturated carbocycles. The molecule has 1 aromatic heterocycles. The van der Waals surface area contributed by atoms with Crippen LogP contribution in [-0.2, 0) is 4.74 Å². The quantitative estimate of drug-likeness (QED) is 0.874. The van der Waals surface area contributed by atoms with E-state index < -0.39 is 5.60 Å². The van der Waals surface area contributed by atoms with E-state index in [0.29, 0.717) is 26.2 Å². The summed E-state index contributed by atoms with van der Waals surface area (Å²) < 4.78 is 5.40. The molecular weight excluding hydrogens is 310 g/mol. The maximum absolute atomic E-state index is 12.1. The van der Waals surface area contributed by atoms with Gasteiger partial charge in [0.1, 0.15) is 5.60 Å². The topological polar surface area (TPSA) is 87.7 Å². The Morgan fingerprint density at radius 2 is 1.83 bits per heavy atom. The van der Waals surface area contributed by atoms with E-state index in [9.17, 15) is 9.59 Å². The number of anilines is 1. The summed E-state index contributed by atoms with van der Waals surface area (Å²) in [6.45, 7) is 9.91. The summed E-state index contributed by atoms with van der Waals surface area (Å²) in [4.78, 5) is 35.9. The molecule has 8 heteroatoms. The van der Waals surface area contributed by atoms with Crippen molar-refractivity contribution in [3.63, 3.8) is 0 Å². The highest BCUT2D eigenvalue weighted by Gasteiger charge is 2.26. The van der Waals surface area contributed by atoms with E-state index >= 15 is 0 Å². The summed E-state index contributed by atoms with van der Waals surface area (Å²) in [5, 5.41) is 2.51. The first-order valence-corrected chi connectivity index (χ1v) is 8.00. The number of aromatic nitrogens is 2. The molecule has 0 bridgehead atoms. The third-order valence-electron chi connectivity index (χ3n) is 3.66. The second-order valence-electron chi connectivity index (χ2n) is 6.70. The minimum absolute atomic E-state index is 0.158. The van der Waals surface area contributed by atoms with Crippen molar-refractivity contribution < 1.29 is 14.3 Å². The molecule has 0 unspecified atom stereocenters. The Hall–Kier alpha value is -2.38. The Kier molecular flexibility index (Phi) is 5.26. The van der Waals surface area contributed by atoms with Gasteiger partial charge in [-0.3, -0.25) is 4.79 Å². The van der Waals surface area contributed by atoms with Crippen LogP contribution in [0.4, 0.5) is 10.5 Å². The van der Waals surface area contributed by atoms with Crippen LogP contribution in [0.2, 0.25) is 0 Å². The van der Waals surface area contributed by atoms with Crippen LogP contribution in [0.25, 0.3) is 0 Å². The van der Waals surface area contributed by atoms with Gasteiger partial charge < -0.3 is 19.9 Å². The van der Waals surface area contributed by atoms with Gasteiger partial charge in [0.2, 0.25) is 5.82 Å². The lowest BCUT2D eigenvalue weighted by Gasteiger charge is -2.36. The summed E-state index contributed by atoms with van der Waals surface area (Å²) in [5.74, 6) is -0.148. The fourth-order valence-electron chi connectivity index (χ4n) is 2.45. The fraction of sp³-hybridized carbons (Fsp3) is 0.625. The molecule has 0 aromatic carbocycles. The van der Waals surface area contributed by atoms with Gasteiger partial charge in [0, 0.05) is 33.2 Å². The third-order valence-corrected chi connectivity index (χ3v) is 3.66. The molecule has 8 nitrogen and oxygen atoms in total. The average molecular weight is 335 g/mol. The number of amides is 2. The largest absolute Gasteiger partial charge is 0.444 e. The molecule has 2 heterocycles. The van der Waals surface area contributed by atoms with Gasteiger partial charge in [-0.1, -0.05) is 0 Å². The zero-order valence-corrected chi connectivity index (χ0v) is 14.9. The molecule has 1 N–H and O–H groups in total. The van der Waals surface area contributed by atoms with Crippen molar-refractivity contribution in [1.82, 2.24) is 20.2 Å². The molecule has 1 saturated heterocycles.